The van der Waals surface area contributed by atoms with Crippen LogP contribution in [0.25, 0.3) is 5.69 Å². The average Bonchev–Trinajstić information content (AvgIpc) is 3.48. The molecule has 150 valence electrons. The van der Waals surface area contributed by atoms with E-state index in [4.69, 9.17) is 0 Å². The van der Waals surface area contributed by atoms with Gasteiger partial charge in [-0.25, -0.2) is 4.98 Å². The number of carbonyl (C=O) groups is 2. The van der Waals surface area contributed by atoms with E-state index in [9.17, 15) is 9.59 Å². The minimum absolute atomic E-state index is 0.146. The summed E-state index contributed by atoms with van der Waals surface area (Å²) in [5.41, 5.74) is 3.20. The minimum Gasteiger partial charge on any atom is -0.346 e. The average molecular weight is 417 g/mol. The highest BCUT2D eigenvalue weighted by Crippen LogP contribution is 2.18. The number of hydrogen-bond acceptors (Lipinski definition) is 4. The van der Waals surface area contributed by atoms with Crippen LogP contribution in [0.2, 0.25) is 0 Å². The maximum absolute atomic E-state index is 12.6. The van der Waals surface area contributed by atoms with Gasteiger partial charge in [-0.1, -0.05) is 18.2 Å². The molecule has 0 fully saturated rings. The first-order valence-corrected chi connectivity index (χ1v) is 10.3. The van der Waals surface area contributed by atoms with Crippen molar-refractivity contribution in [2.24, 2.45) is 0 Å². The number of anilines is 1. The smallest absolute Gasteiger partial charge is 0.265 e. The Hall–Kier alpha value is -3.71. The summed E-state index contributed by atoms with van der Waals surface area (Å²) < 4.78 is 1.92. The van der Waals surface area contributed by atoms with Gasteiger partial charge in [-0.2, -0.15) is 0 Å². The zero-order valence-corrected chi connectivity index (χ0v) is 17.1. The molecule has 2 amide bonds. The van der Waals surface area contributed by atoms with Crippen LogP contribution in [-0.2, 0) is 0 Å². The molecule has 0 aliphatic carbocycles. The first-order chi connectivity index (χ1) is 14.6. The largest absolute Gasteiger partial charge is 0.346 e. The molecule has 0 aliphatic heterocycles. The van der Waals surface area contributed by atoms with E-state index in [1.807, 2.05) is 53.4 Å². The van der Waals surface area contributed by atoms with E-state index < -0.39 is 0 Å². The number of imidazole rings is 1. The van der Waals surface area contributed by atoms with Crippen LogP contribution in [0.15, 0.2) is 84.8 Å². The van der Waals surface area contributed by atoms with Crippen LogP contribution in [0.5, 0.6) is 0 Å². The van der Waals surface area contributed by atoms with Gasteiger partial charge in [0.25, 0.3) is 11.8 Å². The molecule has 2 aromatic heterocycles. The van der Waals surface area contributed by atoms with Crippen molar-refractivity contribution in [3.8, 4) is 5.69 Å². The number of thiophene rings is 1. The molecule has 2 aromatic carbocycles. The van der Waals surface area contributed by atoms with Crippen molar-refractivity contribution in [2.45, 2.75) is 13.0 Å². The van der Waals surface area contributed by atoms with Gasteiger partial charge >= 0.3 is 0 Å². The topological polar surface area (TPSA) is 76.0 Å². The van der Waals surface area contributed by atoms with Crippen LogP contribution >= 0.6 is 11.3 Å². The van der Waals surface area contributed by atoms with E-state index in [-0.39, 0.29) is 17.9 Å². The third-order valence-electron chi connectivity index (χ3n) is 4.69. The van der Waals surface area contributed by atoms with Crippen LogP contribution in [0.3, 0.4) is 0 Å². The van der Waals surface area contributed by atoms with Crippen molar-refractivity contribution in [1.82, 2.24) is 14.9 Å². The molecule has 0 saturated carbocycles. The molecular formula is C23H20N4O2S. The summed E-state index contributed by atoms with van der Waals surface area (Å²) in [5, 5.41) is 7.69. The lowest BCUT2D eigenvalue weighted by atomic mass is 10.1. The summed E-state index contributed by atoms with van der Waals surface area (Å²) in [6, 6.07) is 18.3. The van der Waals surface area contributed by atoms with Crippen LogP contribution in [0, 0.1) is 0 Å². The summed E-state index contributed by atoms with van der Waals surface area (Å²) in [4.78, 5) is 29.4. The second-order valence-corrected chi connectivity index (χ2v) is 7.71. The zero-order valence-electron chi connectivity index (χ0n) is 16.3. The normalized spacial score (nSPS) is 11.6. The molecule has 0 unspecified atom stereocenters. The van der Waals surface area contributed by atoms with Crippen molar-refractivity contribution < 1.29 is 9.59 Å². The lowest BCUT2D eigenvalue weighted by molar-refractivity contribution is 0.0939. The molecule has 6 nitrogen and oxygen atoms in total. The fourth-order valence-corrected chi connectivity index (χ4v) is 3.63. The number of hydrogen-bond donors (Lipinski definition) is 2. The van der Waals surface area contributed by atoms with Crippen molar-refractivity contribution >= 4 is 28.8 Å². The van der Waals surface area contributed by atoms with Crippen molar-refractivity contribution in [1.29, 1.82) is 0 Å². The minimum atomic E-state index is -0.169. The van der Waals surface area contributed by atoms with E-state index in [0.717, 1.165) is 11.3 Å². The fraction of sp³-hybridized carbons (Fsp3) is 0.0870. The Labute approximate surface area is 178 Å². The third-order valence-corrected chi connectivity index (χ3v) is 5.56. The molecule has 0 radical (unpaired) electrons. The molecule has 30 heavy (non-hydrogen) atoms. The molecule has 4 rings (SSSR count). The van der Waals surface area contributed by atoms with Crippen molar-refractivity contribution in [3.63, 3.8) is 0 Å². The summed E-state index contributed by atoms with van der Waals surface area (Å²) in [6.07, 6.45) is 5.36. The highest BCUT2D eigenvalue weighted by molar-refractivity contribution is 7.12. The SMILES string of the molecule is C[C@@H](NC(=O)c1ccc(NC(=O)c2cccs2)cc1)c1ccc(-n2ccnc2)cc1. The second-order valence-electron chi connectivity index (χ2n) is 6.77. The van der Waals surface area contributed by atoms with E-state index in [1.165, 1.54) is 11.3 Å². The number of carbonyl (C=O) groups excluding carboxylic acids is 2. The Morgan fingerprint density at radius 1 is 1.00 bits per heavy atom. The Bertz CT molecular complexity index is 1120. The Morgan fingerprint density at radius 3 is 2.40 bits per heavy atom. The molecule has 2 heterocycles. The molecule has 0 aliphatic rings. The van der Waals surface area contributed by atoms with Crippen LogP contribution in [-0.4, -0.2) is 21.4 Å². The molecule has 0 saturated heterocycles. The maximum Gasteiger partial charge on any atom is 0.265 e. The first-order valence-electron chi connectivity index (χ1n) is 9.44. The highest BCUT2D eigenvalue weighted by Gasteiger charge is 2.12. The first kappa shape index (κ1) is 19.6. The fourth-order valence-electron chi connectivity index (χ4n) is 3.02. The number of benzene rings is 2. The Balaban J connectivity index is 1.36. The Morgan fingerprint density at radius 2 is 1.77 bits per heavy atom. The van der Waals surface area contributed by atoms with Gasteiger partial charge in [-0.15, -0.1) is 11.3 Å². The van der Waals surface area contributed by atoms with Gasteiger partial charge in [-0.3, -0.25) is 9.59 Å². The molecule has 4 aromatic rings. The molecule has 7 heteroatoms. The molecular weight excluding hydrogens is 396 g/mol. The van der Waals surface area contributed by atoms with Crippen molar-refractivity contribution in [2.75, 3.05) is 5.32 Å². The predicted octanol–water partition coefficient (Wildman–Crippen LogP) is 4.68. The van der Waals surface area contributed by atoms with Crippen LogP contribution < -0.4 is 10.6 Å². The summed E-state index contributed by atoms with van der Waals surface area (Å²) in [6.45, 7) is 1.94. The number of nitrogens with zero attached hydrogens (tertiary/aromatic N) is 2. The zero-order chi connectivity index (χ0) is 20.9. The molecule has 0 spiro atoms. The van der Waals surface area contributed by atoms with Gasteiger partial charge in [0.15, 0.2) is 0 Å². The van der Waals surface area contributed by atoms with Gasteiger partial charge in [-0.05, 0) is 60.3 Å². The van der Waals surface area contributed by atoms with Crippen LogP contribution in [0.1, 0.15) is 38.6 Å². The van der Waals surface area contributed by atoms with Crippen LogP contribution in [0.4, 0.5) is 5.69 Å². The number of rotatable bonds is 6. The van der Waals surface area contributed by atoms with E-state index in [1.54, 1.807) is 42.9 Å². The number of amides is 2. The molecule has 0 bridgehead atoms. The highest BCUT2D eigenvalue weighted by atomic mass is 32.1. The van der Waals surface area contributed by atoms with Gasteiger partial charge in [0.2, 0.25) is 0 Å². The van der Waals surface area contributed by atoms with E-state index in [2.05, 4.69) is 15.6 Å². The third kappa shape index (κ3) is 4.47. The lowest BCUT2D eigenvalue weighted by Crippen LogP contribution is -2.26. The van der Waals surface area contributed by atoms with Gasteiger partial charge in [0, 0.05) is 29.3 Å². The summed E-state index contributed by atoms with van der Waals surface area (Å²) >= 11 is 1.38. The quantitative estimate of drug-likeness (QED) is 0.479. The number of nitrogens with one attached hydrogen (secondary N) is 2. The van der Waals surface area contributed by atoms with E-state index >= 15 is 0 Å². The van der Waals surface area contributed by atoms with E-state index in [0.29, 0.717) is 16.1 Å². The molecule has 2 N–H and O–H groups in total. The Kier molecular flexibility index (Phi) is 5.72. The monoisotopic (exact) mass is 416 g/mol. The van der Waals surface area contributed by atoms with Gasteiger partial charge in [0.1, 0.15) is 0 Å². The lowest BCUT2D eigenvalue weighted by Gasteiger charge is -2.15. The number of aromatic nitrogens is 2. The van der Waals surface area contributed by atoms with Gasteiger partial charge in [0.05, 0.1) is 17.2 Å². The van der Waals surface area contributed by atoms with Gasteiger partial charge < -0.3 is 15.2 Å². The second kappa shape index (κ2) is 8.75. The predicted molar refractivity (Wildman–Crippen MR) is 118 cm³/mol. The maximum atomic E-state index is 12.6. The van der Waals surface area contributed by atoms with Crippen molar-refractivity contribution in [3.05, 3.63) is 101 Å². The standard InChI is InChI=1S/C23H20N4O2S/c1-16(17-6-10-20(11-7-17)27-13-12-24-15-27)25-22(28)18-4-8-19(9-5-18)26-23(29)21-3-2-14-30-21/h2-16H,1H3,(H,25,28)(H,26,29)/t16-/m1/s1. The summed E-state index contributed by atoms with van der Waals surface area (Å²) in [7, 11) is 0. The molecule has 1 atom stereocenters. The summed E-state index contributed by atoms with van der Waals surface area (Å²) in [5.74, 6) is -0.327.